The first-order valence-corrected chi connectivity index (χ1v) is 7.08. The summed E-state index contributed by atoms with van der Waals surface area (Å²) in [5, 5.41) is 9.82. The fraction of sp³-hybridized carbons (Fsp3) is 0.900. The average molecular weight is 330 g/mol. The highest BCUT2D eigenvalue weighted by atomic mass is 79.9. The number of halogens is 2. The number of aliphatic carboxylic acids is 1. The molecule has 0 amide bonds. The van der Waals surface area contributed by atoms with E-state index in [-0.39, 0.29) is 5.92 Å². The number of carboxylic acid groups (broad SMARTS) is 1. The van der Waals surface area contributed by atoms with Crippen molar-refractivity contribution in [1.82, 2.24) is 0 Å². The van der Waals surface area contributed by atoms with E-state index < -0.39 is 5.97 Å². The summed E-state index contributed by atoms with van der Waals surface area (Å²) in [6, 6.07) is 0. The van der Waals surface area contributed by atoms with Gasteiger partial charge in [0, 0.05) is 10.2 Å². The number of carbonyl (C=O) groups is 1. The molecule has 0 aliphatic heterocycles. The Morgan fingerprint density at radius 2 is 2.00 bits per heavy atom. The highest BCUT2D eigenvalue weighted by Crippen LogP contribution is 2.19. The molecule has 0 spiro atoms. The van der Waals surface area contributed by atoms with Crippen molar-refractivity contribution in [1.29, 1.82) is 0 Å². The zero-order chi connectivity index (χ0) is 11.0. The molecule has 0 saturated carbocycles. The van der Waals surface area contributed by atoms with Gasteiger partial charge < -0.3 is 5.11 Å². The second kappa shape index (κ2) is 8.72. The Labute approximate surface area is 103 Å². The van der Waals surface area contributed by atoms with E-state index in [9.17, 15) is 4.79 Å². The lowest BCUT2D eigenvalue weighted by Gasteiger charge is -2.11. The molecule has 84 valence electrons. The minimum atomic E-state index is -0.654. The smallest absolute Gasteiger partial charge is 0.306 e. The fourth-order valence-corrected chi connectivity index (χ4v) is 3.07. The molecule has 2 nitrogen and oxygen atoms in total. The van der Waals surface area contributed by atoms with Gasteiger partial charge in [-0.05, 0) is 25.7 Å². The minimum Gasteiger partial charge on any atom is -0.481 e. The molecule has 14 heavy (non-hydrogen) atoms. The maximum Gasteiger partial charge on any atom is 0.306 e. The average Bonchev–Trinajstić information content (AvgIpc) is 2.12. The van der Waals surface area contributed by atoms with Gasteiger partial charge in [-0.3, -0.25) is 4.79 Å². The van der Waals surface area contributed by atoms with E-state index in [4.69, 9.17) is 5.11 Å². The van der Waals surface area contributed by atoms with Crippen LogP contribution in [0.15, 0.2) is 0 Å². The molecule has 0 fully saturated rings. The third kappa shape index (κ3) is 6.82. The maximum absolute atomic E-state index is 10.7. The molecule has 1 N–H and O–H groups in total. The van der Waals surface area contributed by atoms with Gasteiger partial charge in [-0.15, -0.1) is 0 Å². The molecular formula is C10H18Br2O2. The summed E-state index contributed by atoms with van der Waals surface area (Å²) in [6.45, 7) is 1.93. The standard InChI is InChI=1S/C10H18Br2O2/c1-2-8(10(13)14)4-3-5-9(12)6-7-11/h8-9H,2-7H2,1H3,(H,13,14). The number of carboxylic acids is 1. The Morgan fingerprint density at radius 3 is 2.43 bits per heavy atom. The lowest BCUT2D eigenvalue weighted by molar-refractivity contribution is -0.142. The topological polar surface area (TPSA) is 37.3 Å². The highest BCUT2D eigenvalue weighted by Gasteiger charge is 2.14. The monoisotopic (exact) mass is 328 g/mol. The summed E-state index contributed by atoms with van der Waals surface area (Å²) in [6.07, 6.45) is 4.70. The summed E-state index contributed by atoms with van der Waals surface area (Å²) in [5.74, 6) is -0.808. The van der Waals surface area contributed by atoms with Crippen LogP contribution in [0.4, 0.5) is 0 Å². The predicted molar refractivity (Wildman–Crippen MR) is 66.4 cm³/mol. The maximum atomic E-state index is 10.7. The summed E-state index contributed by atoms with van der Waals surface area (Å²) in [7, 11) is 0. The van der Waals surface area contributed by atoms with Crippen LogP contribution < -0.4 is 0 Å². The van der Waals surface area contributed by atoms with Crippen molar-refractivity contribution >= 4 is 37.8 Å². The quantitative estimate of drug-likeness (QED) is 0.687. The molecule has 2 unspecified atom stereocenters. The first-order valence-electron chi connectivity index (χ1n) is 5.04. The van der Waals surface area contributed by atoms with Gasteiger partial charge >= 0.3 is 5.97 Å². The van der Waals surface area contributed by atoms with E-state index in [1.165, 1.54) is 0 Å². The number of hydrogen-bond donors (Lipinski definition) is 1. The SMILES string of the molecule is CCC(CCCC(Br)CCBr)C(=O)O. The second-order valence-corrected chi connectivity index (χ2v) is 5.54. The molecule has 0 bridgehead atoms. The molecule has 0 aromatic heterocycles. The molecule has 0 radical (unpaired) electrons. The van der Waals surface area contributed by atoms with Gasteiger partial charge in [0.25, 0.3) is 0 Å². The molecule has 0 aromatic rings. The van der Waals surface area contributed by atoms with Gasteiger partial charge in [-0.1, -0.05) is 45.2 Å². The minimum absolute atomic E-state index is 0.154. The molecule has 0 aliphatic carbocycles. The van der Waals surface area contributed by atoms with Crippen LogP contribution in [0.1, 0.15) is 39.0 Å². The molecule has 0 aromatic carbocycles. The summed E-state index contributed by atoms with van der Waals surface area (Å²) in [5.41, 5.74) is 0. The molecule has 0 aliphatic rings. The zero-order valence-electron chi connectivity index (χ0n) is 8.51. The summed E-state index contributed by atoms with van der Waals surface area (Å²) in [4.78, 5) is 11.2. The molecule has 0 saturated heterocycles. The van der Waals surface area contributed by atoms with Crippen LogP contribution in [0.25, 0.3) is 0 Å². The molecule has 2 atom stereocenters. The Hall–Kier alpha value is 0.430. The van der Waals surface area contributed by atoms with Crippen molar-refractivity contribution in [3.63, 3.8) is 0 Å². The lowest BCUT2D eigenvalue weighted by atomic mass is 9.98. The van der Waals surface area contributed by atoms with Crippen LogP contribution >= 0.6 is 31.9 Å². The van der Waals surface area contributed by atoms with Crippen LogP contribution in [0, 0.1) is 5.92 Å². The highest BCUT2D eigenvalue weighted by molar-refractivity contribution is 9.10. The van der Waals surface area contributed by atoms with E-state index in [0.717, 1.165) is 37.4 Å². The second-order valence-electron chi connectivity index (χ2n) is 3.45. The Balaban J connectivity index is 3.55. The Morgan fingerprint density at radius 1 is 1.36 bits per heavy atom. The summed E-state index contributed by atoms with van der Waals surface area (Å²) >= 11 is 6.95. The Bertz CT molecular complexity index is 162. The first-order chi connectivity index (χ1) is 6.61. The largest absolute Gasteiger partial charge is 0.481 e. The van der Waals surface area contributed by atoms with Crippen molar-refractivity contribution in [3.8, 4) is 0 Å². The van der Waals surface area contributed by atoms with E-state index >= 15 is 0 Å². The van der Waals surface area contributed by atoms with Crippen LogP contribution in [-0.2, 0) is 4.79 Å². The third-order valence-electron chi connectivity index (χ3n) is 2.33. The van der Waals surface area contributed by atoms with Crippen molar-refractivity contribution in [2.24, 2.45) is 5.92 Å². The van der Waals surface area contributed by atoms with Crippen molar-refractivity contribution in [3.05, 3.63) is 0 Å². The van der Waals surface area contributed by atoms with Crippen LogP contribution in [0.5, 0.6) is 0 Å². The summed E-state index contributed by atoms with van der Waals surface area (Å²) < 4.78 is 0. The molecule has 0 heterocycles. The Kier molecular flexibility index (Phi) is 8.98. The fourth-order valence-electron chi connectivity index (χ4n) is 1.35. The van der Waals surface area contributed by atoms with E-state index in [2.05, 4.69) is 31.9 Å². The third-order valence-corrected chi connectivity index (χ3v) is 3.71. The normalized spacial score (nSPS) is 15.1. The van der Waals surface area contributed by atoms with Crippen LogP contribution in [-0.4, -0.2) is 21.2 Å². The molecule has 0 rings (SSSR count). The van der Waals surface area contributed by atoms with Crippen molar-refractivity contribution in [2.75, 3.05) is 5.33 Å². The lowest BCUT2D eigenvalue weighted by Crippen LogP contribution is -2.13. The van der Waals surface area contributed by atoms with Gasteiger partial charge in [-0.25, -0.2) is 0 Å². The van der Waals surface area contributed by atoms with Crippen LogP contribution in [0.3, 0.4) is 0 Å². The number of hydrogen-bond acceptors (Lipinski definition) is 1. The number of alkyl halides is 2. The van der Waals surface area contributed by atoms with Crippen molar-refractivity contribution in [2.45, 2.75) is 43.9 Å². The molecular weight excluding hydrogens is 312 g/mol. The van der Waals surface area contributed by atoms with Gasteiger partial charge in [0.05, 0.1) is 5.92 Å². The molecule has 4 heteroatoms. The predicted octanol–water partition coefficient (Wildman–Crippen LogP) is 3.82. The van der Waals surface area contributed by atoms with Gasteiger partial charge in [0.1, 0.15) is 0 Å². The van der Waals surface area contributed by atoms with Gasteiger partial charge in [0.15, 0.2) is 0 Å². The van der Waals surface area contributed by atoms with E-state index in [1.54, 1.807) is 0 Å². The zero-order valence-corrected chi connectivity index (χ0v) is 11.7. The van der Waals surface area contributed by atoms with Gasteiger partial charge in [0.2, 0.25) is 0 Å². The van der Waals surface area contributed by atoms with Crippen molar-refractivity contribution < 1.29 is 9.90 Å². The first kappa shape index (κ1) is 14.4. The van der Waals surface area contributed by atoms with E-state index in [1.807, 2.05) is 6.92 Å². The van der Waals surface area contributed by atoms with Gasteiger partial charge in [-0.2, -0.15) is 0 Å². The number of rotatable bonds is 8. The van der Waals surface area contributed by atoms with E-state index in [0.29, 0.717) is 4.83 Å². The van der Waals surface area contributed by atoms with Crippen LogP contribution in [0.2, 0.25) is 0 Å².